The molecule has 0 bridgehead atoms. The lowest BCUT2D eigenvalue weighted by Gasteiger charge is -1.94. The third-order valence-corrected chi connectivity index (χ3v) is 0.650. The quantitative estimate of drug-likeness (QED) is 0.526. The second-order valence-corrected chi connectivity index (χ2v) is 1.70. The van der Waals surface area contributed by atoms with Gasteiger partial charge in [-0.2, -0.15) is 0 Å². The van der Waals surface area contributed by atoms with E-state index >= 15 is 0 Å². The van der Waals surface area contributed by atoms with Crippen molar-refractivity contribution in [2.45, 2.75) is 6.92 Å². The van der Waals surface area contributed by atoms with Gasteiger partial charge in [0.25, 0.3) is 0 Å². The molecule has 4 nitrogen and oxygen atoms in total. The van der Waals surface area contributed by atoms with Gasteiger partial charge in [-0.1, -0.05) is 0 Å². The van der Waals surface area contributed by atoms with Crippen LogP contribution in [0.1, 0.15) is 6.92 Å². The molecule has 0 aromatic heterocycles. The summed E-state index contributed by atoms with van der Waals surface area (Å²) in [5, 5.41) is 10.5. The van der Waals surface area contributed by atoms with Gasteiger partial charge >= 0.3 is 5.97 Å². The third-order valence-electron chi connectivity index (χ3n) is 0.650. The maximum absolute atomic E-state index is 10.2. The summed E-state index contributed by atoms with van der Waals surface area (Å²) in [6.45, 7) is 1.38. The van der Waals surface area contributed by atoms with Crippen LogP contribution in [0, 0.1) is 0 Å². The van der Waals surface area contributed by atoms with E-state index in [2.05, 4.69) is 5.32 Å². The molecule has 0 aliphatic rings. The number of nitrogens with one attached hydrogen (secondary N) is 1. The van der Waals surface area contributed by atoms with Gasteiger partial charge in [0.1, 0.15) is 5.78 Å². The SMILES string of the molecule is CC(=O)CNCC(=O)O. The Hall–Kier alpha value is -0.900. The van der Waals surface area contributed by atoms with Crippen molar-refractivity contribution >= 4 is 11.8 Å². The molecule has 0 heterocycles. The van der Waals surface area contributed by atoms with Crippen LogP contribution in [-0.4, -0.2) is 29.9 Å². The van der Waals surface area contributed by atoms with Gasteiger partial charge in [-0.25, -0.2) is 0 Å². The number of rotatable bonds is 4. The molecular weight excluding hydrogens is 122 g/mol. The smallest absolute Gasteiger partial charge is 0.317 e. The van der Waals surface area contributed by atoms with Gasteiger partial charge in [-0.3, -0.25) is 9.59 Å². The Balaban J connectivity index is 3.10. The number of hydrogen-bond acceptors (Lipinski definition) is 3. The maximum Gasteiger partial charge on any atom is 0.317 e. The van der Waals surface area contributed by atoms with E-state index in [1.165, 1.54) is 6.92 Å². The standard InChI is InChI=1S/C5H9NO3/c1-4(7)2-6-3-5(8)9/h6H,2-3H2,1H3,(H,8,9). The van der Waals surface area contributed by atoms with E-state index in [1.54, 1.807) is 0 Å². The molecule has 0 aromatic rings. The topological polar surface area (TPSA) is 66.4 Å². The first-order valence-corrected chi connectivity index (χ1v) is 2.55. The molecule has 2 N–H and O–H groups in total. The molecule has 4 heteroatoms. The van der Waals surface area contributed by atoms with E-state index in [-0.39, 0.29) is 18.9 Å². The van der Waals surface area contributed by atoms with Crippen molar-refractivity contribution in [1.82, 2.24) is 5.32 Å². The number of aliphatic carboxylic acids is 1. The fourth-order valence-electron chi connectivity index (χ4n) is 0.345. The van der Waals surface area contributed by atoms with E-state index in [0.29, 0.717) is 0 Å². The lowest BCUT2D eigenvalue weighted by atomic mass is 10.4. The normalized spacial score (nSPS) is 9.00. The molecule has 0 atom stereocenters. The summed E-state index contributed by atoms with van der Waals surface area (Å²) in [6, 6.07) is 0. The highest BCUT2D eigenvalue weighted by atomic mass is 16.4. The summed E-state index contributed by atoms with van der Waals surface area (Å²) in [4.78, 5) is 20.0. The van der Waals surface area contributed by atoms with Crippen LogP contribution in [0.15, 0.2) is 0 Å². The van der Waals surface area contributed by atoms with E-state index in [9.17, 15) is 9.59 Å². The average Bonchev–Trinajstić information content (AvgIpc) is 1.63. The molecule has 0 aliphatic carbocycles. The fraction of sp³-hybridized carbons (Fsp3) is 0.600. The molecule has 0 amide bonds. The Morgan fingerprint density at radius 2 is 2.00 bits per heavy atom. The second kappa shape index (κ2) is 4.03. The third kappa shape index (κ3) is 7.10. The van der Waals surface area contributed by atoms with Crippen molar-refractivity contribution in [3.8, 4) is 0 Å². The van der Waals surface area contributed by atoms with Crippen molar-refractivity contribution in [2.75, 3.05) is 13.1 Å². The van der Waals surface area contributed by atoms with E-state index < -0.39 is 5.97 Å². The molecule has 0 spiro atoms. The molecule has 0 rings (SSSR count). The van der Waals surface area contributed by atoms with E-state index in [4.69, 9.17) is 5.11 Å². The van der Waals surface area contributed by atoms with Gasteiger partial charge in [0.15, 0.2) is 0 Å². The van der Waals surface area contributed by atoms with Crippen molar-refractivity contribution < 1.29 is 14.7 Å². The predicted octanol–water partition coefficient (Wildman–Crippen LogP) is -0.750. The van der Waals surface area contributed by atoms with Gasteiger partial charge in [0.2, 0.25) is 0 Å². The lowest BCUT2D eigenvalue weighted by Crippen LogP contribution is -2.26. The van der Waals surface area contributed by atoms with Gasteiger partial charge < -0.3 is 10.4 Å². The molecule has 0 radical (unpaired) electrons. The van der Waals surface area contributed by atoms with Crippen molar-refractivity contribution in [3.63, 3.8) is 0 Å². The Kier molecular flexibility index (Phi) is 3.62. The first-order valence-electron chi connectivity index (χ1n) is 2.55. The highest BCUT2D eigenvalue weighted by molar-refractivity contribution is 5.78. The summed E-state index contributed by atoms with van der Waals surface area (Å²) in [5.41, 5.74) is 0. The molecular formula is C5H9NO3. The molecule has 0 aromatic carbocycles. The molecule has 9 heavy (non-hydrogen) atoms. The summed E-state index contributed by atoms with van der Waals surface area (Å²) in [6.07, 6.45) is 0. The number of Topliss-reactive ketones (excluding diaryl/α,β-unsaturated/α-hetero) is 1. The minimum absolute atomic E-state index is 0.0590. The molecule has 52 valence electrons. The van der Waals surface area contributed by atoms with E-state index in [0.717, 1.165) is 0 Å². The number of carboxylic acid groups (broad SMARTS) is 1. The van der Waals surface area contributed by atoms with Crippen LogP contribution in [-0.2, 0) is 9.59 Å². The van der Waals surface area contributed by atoms with Gasteiger partial charge in [0, 0.05) is 0 Å². The monoisotopic (exact) mass is 131 g/mol. The van der Waals surface area contributed by atoms with Crippen LogP contribution in [0.5, 0.6) is 0 Å². The Bertz CT molecular complexity index is 107. The minimum atomic E-state index is -0.948. The highest BCUT2D eigenvalue weighted by Crippen LogP contribution is 1.64. The zero-order valence-corrected chi connectivity index (χ0v) is 5.18. The second-order valence-electron chi connectivity index (χ2n) is 1.70. The van der Waals surface area contributed by atoms with Crippen molar-refractivity contribution in [2.24, 2.45) is 0 Å². The Labute approximate surface area is 52.9 Å². The molecule has 0 saturated carbocycles. The zero-order chi connectivity index (χ0) is 7.28. The first-order chi connectivity index (χ1) is 4.13. The molecule has 0 unspecified atom stereocenters. The van der Waals surface area contributed by atoms with Crippen molar-refractivity contribution in [3.05, 3.63) is 0 Å². The first kappa shape index (κ1) is 8.10. The summed E-state index contributed by atoms with van der Waals surface area (Å²) in [7, 11) is 0. The fourth-order valence-corrected chi connectivity index (χ4v) is 0.345. The predicted molar refractivity (Wildman–Crippen MR) is 31.2 cm³/mol. The number of carbonyl (C=O) groups is 2. The molecule has 0 fully saturated rings. The summed E-state index contributed by atoms with van der Waals surface area (Å²) >= 11 is 0. The summed E-state index contributed by atoms with van der Waals surface area (Å²) < 4.78 is 0. The Morgan fingerprint density at radius 3 is 2.33 bits per heavy atom. The minimum Gasteiger partial charge on any atom is -0.480 e. The highest BCUT2D eigenvalue weighted by Gasteiger charge is 1.95. The molecule has 0 aliphatic heterocycles. The van der Waals surface area contributed by atoms with Crippen LogP contribution < -0.4 is 5.32 Å². The number of carbonyl (C=O) groups excluding carboxylic acids is 1. The summed E-state index contributed by atoms with van der Waals surface area (Å²) in [5.74, 6) is -1.01. The van der Waals surface area contributed by atoms with Crippen LogP contribution >= 0.6 is 0 Å². The lowest BCUT2D eigenvalue weighted by molar-refractivity contribution is -0.135. The van der Waals surface area contributed by atoms with E-state index in [1.807, 2.05) is 0 Å². The van der Waals surface area contributed by atoms with Crippen LogP contribution in [0.25, 0.3) is 0 Å². The van der Waals surface area contributed by atoms with Crippen molar-refractivity contribution in [1.29, 1.82) is 0 Å². The molecule has 0 saturated heterocycles. The largest absolute Gasteiger partial charge is 0.480 e. The average molecular weight is 131 g/mol. The van der Waals surface area contributed by atoms with Gasteiger partial charge in [-0.05, 0) is 6.92 Å². The van der Waals surface area contributed by atoms with Gasteiger partial charge in [-0.15, -0.1) is 0 Å². The van der Waals surface area contributed by atoms with Crippen LogP contribution in [0.2, 0.25) is 0 Å². The van der Waals surface area contributed by atoms with Gasteiger partial charge in [0.05, 0.1) is 13.1 Å². The number of hydrogen-bond donors (Lipinski definition) is 2. The zero-order valence-electron chi connectivity index (χ0n) is 5.18. The Morgan fingerprint density at radius 1 is 1.44 bits per heavy atom. The van der Waals surface area contributed by atoms with Crippen LogP contribution in [0.3, 0.4) is 0 Å². The maximum atomic E-state index is 10.2. The number of carboxylic acids is 1. The number of ketones is 1. The van der Waals surface area contributed by atoms with Crippen LogP contribution in [0.4, 0.5) is 0 Å².